The number of fused-ring (bicyclic) bond motifs is 1. The van der Waals surface area contributed by atoms with Crippen molar-refractivity contribution in [1.82, 2.24) is 19.9 Å². The van der Waals surface area contributed by atoms with Crippen molar-refractivity contribution in [3.05, 3.63) is 29.7 Å². The van der Waals surface area contributed by atoms with E-state index in [-0.39, 0.29) is 0 Å². The lowest BCUT2D eigenvalue weighted by Crippen LogP contribution is -2.25. The Morgan fingerprint density at radius 1 is 1.50 bits per heavy atom. The lowest BCUT2D eigenvalue weighted by Gasteiger charge is -2.08. The molecule has 0 bridgehead atoms. The molecule has 3 rings (SSSR count). The Morgan fingerprint density at radius 3 is 3.05 bits per heavy atom. The van der Waals surface area contributed by atoms with Gasteiger partial charge >= 0.3 is 5.97 Å². The largest absolute Gasteiger partial charge is 0.465 e. The van der Waals surface area contributed by atoms with E-state index in [0.29, 0.717) is 29.6 Å². The quantitative estimate of drug-likeness (QED) is 0.857. The van der Waals surface area contributed by atoms with Crippen molar-refractivity contribution in [1.29, 1.82) is 0 Å². The fourth-order valence-corrected chi connectivity index (χ4v) is 2.66. The molecule has 106 valence electrons. The number of nitrogens with one attached hydrogen (secondary N) is 1. The van der Waals surface area contributed by atoms with Gasteiger partial charge in [-0.2, -0.15) is 0 Å². The number of esters is 1. The highest BCUT2D eigenvalue weighted by molar-refractivity contribution is 5.95. The van der Waals surface area contributed by atoms with Crippen LogP contribution in [0, 0.1) is 0 Å². The number of aromatic nitrogens is 3. The summed E-state index contributed by atoms with van der Waals surface area (Å²) in [5.41, 5.74) is 0.984. The number of rotatable bonds is 4. The van der Waals surface area contributed by atoms with Crippen molar-refractivity contribution in [3.8, 4) is 0 Å². The van der Waals surface area contributed by atoms with Crippen molar-refractivity contribution in [2.45, 2.75) is 38.3 Å². The molecular weight excluding hydrogens is 256 g/mol. The van der Waals surface area contributed by atoms with Crippen LogP contribution in [0.1, 0.15) is 41.9 Å². The van der Waals surface area contributed by atoms with Gasteiger partial charge in [0.25, 0.3) is 0 Å². The van der Waals surface area contributed by atoms with Crippen LogP contribution < -0.4 is 5.32 Å². The van der Waals surface area contributed by atoms with Crippen LogP contribution >= 0.6 is 0 Å². The molecule has 20 heavy (non-hydrogen) atoms. The average molecular weight is 274 g/mol. The van der Waals surface area contributed by atoms with Crippen LogP contribution in [0.3, 0.4) is 0 Å². The van der Waals surface area contributed by atoms with Crippen LogP contribution in [0.5, 0.6) is 0 Å². The first-order valence-corrected chi connectivity index (χ1v) is 6.94. The van der Waals surface area contributed by atoms with Crippen LogP contribution in [-0.4, -0.2) is 33.7 Å². The lowest BCUT2D eigenvalue weighted by atomic mass is 10.2. The minimum absolute atomic E-state index is 0.390. The Kier molecular flexibility index (Phi) is 3.64. The molecule has 0 radical (unpaired) electrons. The van der Waals surface area contributed by atoms with E-state index in [1.54, 1.807) is 22.8 Å². The van der Waals surface area contributed by atoms with E-state index in [1.807, 2.05) is 0 Å². The second kappa shape index (κ2) is 5.58. The van der Waals surface area contributed by atoms with Gasteiger partial charge in [0, 0.05) is 12.2 Å². The van der Waals surface area contributed by atoms with Gasteiger partial charge in [-0.15, -0.1) is 5.10 Å². The van der Waals surface area contributed by atoms with E-state index in [4.69, 9.17) is 4.74 Å². The monoisotopic (exact) mass is 274 g/mol. The highest BCUT2D eigenvalue weighted by Crippen LogP contribution is 2.18. The molecule has 1 fully saturated rings. The number of methoxy groups -OCH3 is 1. The van der Waals surface area contributed by atoms with E-state index in [2.05, 4.69) is 15.4 Å². The number of nitrogens with zero attached hydrogens (tertiary/aromatic N) is 3. The molecule has 6 heteroatoms. The maximum atomic E-state index is 11.7. The van der Waals surface area contributed by atoms with Crippen LogP contribution in [0.15, 0.2) is 18.3 Å². The minimum Gasteiger partial charge on any atom is -0.465 e. The van der Waals surface area contributed by atoms with E-state index in [9.17, 15) is 4.79 Å². The number of pyridine rings is 1. The summed E-state index contributed by atoms with van der Waals surface area (Å²) >= 11 is 0. The summed E-state index contributed by atoms with van der Waals surface area (Å²) in [5.74, 6) is 0.312. The van der Waals surface area contributed by atoms with Crippen molar-refractivity contribution in [3.63, 3.8) is 0 Å². The molecule has 0 aliphatic heterocycles. The summed E-state index contributed by atoms with van der Waals surface area (Å²) in [6.45, 7) is 0.632. The van der Waals surface area contributed by atoms with Crippen LogP contribution in [-0.2, 0) is 11.3 Å². The molecule has 0 spiro atoms. The van der Waals surface area contributed by atoms with Crippen LogP contribution in [0.2, 0.25) is 0 Å². The predicted molar refractivity (Wildman–Crippen MR) is 73.4 cm³/mol. The smallest absolute Gasteiger partial charge is 0.341 e. The maximum absolute atomic E-state index is 11.7. The molecule has 0 atom stereocenters. The molecule has 1 N–H and O–H groups in total. The first kappa shape index (κ1) is 13.1. The Bertz CT molecular complexity index is 617. The molecular formula is C14H18N4O2. The molecule has 0 saturated heterocycles. The zero-order chi connectivity index (χ0) is 13.9. The normalized spacial score (nSPS) is 15.8. The summed E-state index contributed by atoms with van der Waals surface area (Å²) in [7, 11) is 1.37. The molecule has 1 aliphatic carbocycles. The summed E-state index contributed by atoms with van der Waals surface area (Å²) in [5, 5.41) is 7.85. The summed E-state index contributed by atoms with van der Waals surface area (Å²) in [4.78, 5) is 16.1. The third-order valence-corrected chi connectivity index (χ3v) is 3.72. The van der Waals surface area contributed by atoms with Gasteiger partial charge < -0.3 is 10.1 Å². The van der Waals surface area contributed by atoms with Gasteiger partial charge in [-0.25, -0.2) is 14.3 Å². The number of carbonyl (C=O) groups is 1. The van der Waals surface area contributed by atoms with E-state index >= 15 is 0 Å². The maximum Gasteiger partial charge on any atom is 0.341 e. The fourth-order valence-electron chi connectivity index (χ4n) is 2.66. The molecule has 6 nitrogen and oxygen atoms in total. The lowest BCUT2D eigenvalue weighted by molar-refractivity contribution is 0.0602. The molecule has 1 aliphatic rings. The third-order valence-electron chi connectivity index (χ3n) is 3.72. The van der Waals surface area contributed by atoms with Gasteiger partial charge in [-0.3, -0.25) is 0 Å². The van der Waals surface area contributed by atoms with Crippen molar-refractivity contribution in [2.24, 2.45) is 0 Å². The first-order chi connectivity index (χ1) is 9.78. The second-order valence-electron chi connectivity index (χ2n) is 5.07. The molecule has 0 aromatic carbocycles. The Balaban J connectivity index is 1.80. The fraction of sp³-hybridized carbons (Fsp3) is 0.500. The molecule has 1 saturated carbocycles. The zero-order valence-electron chi connectivity index (χ0n) is 11.5. The van der Waals surface area contributed by atoms with Gasteiger partial charge in [-0.1, -0.05) is 12.8 Å². The standard InChI is InChI=1S/C14H18N4O2/c1-20-14(19)11-7-4-8-18-13(11)16-12(17-18)9-15-10-5-2-3-6-10/h4,7-8,10,15H,2-3,5-6,9H2,1H3. The van der Waals surface area contributed by atoms with Crippen molar-refractivity contribution < 1.29 is 9.53 Å². The Morgan fingerprint density at radius 2 is 2.30 bits per heavy atom. The first-order valence-electron chi connectivity index (χ1n) is 6.94. The molecule has 2 aromatic rings. The second-order valence-corrected chi connectivity index (χ2v) is 5.07. The number of ether oxygens (including phenoxy) is 1. The number of hydrogen-bond donors (Lipinski definition) is 1. The molecule has 0 amide bonds. The molecule has 2 heterocycles. The third kappa shape index (κ3) is 2.51. The highest BCUT2D eigenvalue weighted by Gasteiger charge is 2.17. The SMILES string of the molecule is COC(=O)c1cccn2nc(CNC3CCCC3)nc12. The van der Waals surface area contributed by atoms with E-state index in [1.165, 1.54) is 32.8 Å². The number of carbonyl (C=O) groups excluding carboxylic acids is 1. The summed E-state index contributed by atoms with van der Waals surface area (Å²) in [6, 6.07) is 4.04. The predicted octanol–water partition coefficient (Wildman–Crippen LogP) is 1.55. The average Bonchev–Trinajstić information content (AvgIpc) is 3.12. The summed E-state index contributed by atoms with van der Waals surface area (Å²) < 4.78 is 6.38. The van der Waals surface area contributed by atoms with E-state index < -0.39 is 5.97 Å². The summed E-state index contributed by atoms with van der Waals surface area (Å²) in [6.07, 6.45) is 6.82. The van der Waals surface area contributed by atoms with E-state index in [0.717, 1.165) is 0 Å². The topological polar surface area (TPSA) is 68.5 Å². The van der Waals surface area contributed by atoms with Crippen molar-refractivity contribution >= 4 is 11.6 Å². The van der Waals surface area contributed by atoms with Crippen LogP contribution in [0.4, 0.5) is 0 Å². The zero-order valence-corrected chi connectivity index (χ0v) is 11.5. The van der Waals surface area contributed by atoms with Crippen LogP contribution in [0.25, 0.3) is 5.65 Å². The van der Waals surface area contributed by atoms with Gasteiger partial charge in [0.15, 0.2) is 11.5 Å². The van der Waals surface area contributed by atoms with Gasteiger partial charge in [0.2, 0.25) is 0 Å². The molecule has 2 aromatic heterocycles. The van der Waals surface area contributed by atoms with Crippen molar-refractivity contribution in [2.75, 3.05) is 7.11 Å². The van der Waals surface area contributed by atoms with Gasteiger partial charge in [0.05, 0.1) is 13.7 Å². The molecule has 0 unspecified atom stereocenters. The Hall–Kier alpha value is -1.95. The Labute approximate surface area is 117 Å². The highest BCUT2D eigenvalue weighted by atomic mass is 16.5. The van der Waals surface area contributed by atoms with Gasteiger partial charge in [-0.05, 0) is 25.0 Å². The minimum atomic E-state index is -0.390. The van der Waals surface area contributed by atoms with Gasteiger partial charge in [0.1, 0.15) is 5.56 Å². The number of hydrogen-bond acceptors (Lipinski definition) is 5.